The third-order valence-corrected chi connectivity index (χ3v) is 2.97. The van der Waals surface area contributed by atoms with E-state index in [4.69, 9.17) is 20.8 Å². The van der Waals surface area contributed by atoms with E-state index in [-0.39, 0.29) is 11.9 Å². The number of furan rings is 1. The summed E-state index contributed by atoms with van der Waals surface area (Å²) in [4.78, 5) is 11.6. The Balaban J connectivity index is 2.44. The van der Waals surface area contributed by atoms with Gasteiger partial charge in [0, 0.05) is 10.4 Å². The predicted octanol–water partition coefficient (Wildman–Crippen LogP) is 3.75. The number of benzene rings is 1. The molecule has 0 aliphatic rings. The van der Waals surface area contributed by atoms with Crippen molar-refractivity contribution in [3.05, 3.63) is 35.0 Å². The summed E-state index contributed by atoms with van der Waals surface area (Å²) >= 11 is 5.90. The average Bonchev–Trinajstić information content (AvgIpc) is 2.72. The van der Waals surface area contributed by atoms with Crippen LogP contribution >= 0.6 is 11.6 Å². The highest BCUT2D eigenvalue weighted by Gasteiger charge is 2.23. The number of ether oxygens (including phenoxy) is 1. The number of fused-ring (bicyclic) bond motifs is 1. The fraction of sp³-hybridized carbons (Fsp3) is 0.308. The van der Waals surface area contributed by atoms with Gasteiger partial charge in [-0.15, -0.1) is 0 Å². The SMILES string of the molecule is CCC(C(=O)OC)c1cc2cc(Cl)ccc2o1. The molecule has 90 valence electrons. The second kappa shape index (κ2) is 4.80. The molecule has 0 saturated heterocycles. The maximum atomic E-state index is 11.6. The van der Waals surface area contributed by atoms with Gasteiger partial charge < -0.3 is 9.15 Å². The Hall–Kier alpha value is -1.48. The molecule has 0 bridgehead atoms. The maximum Gasteiger partial charge on any atom is 0.316 e. The lowest BCUT2D eigenvalue weighted by molar-refractivity contribution is -0.142. The molecule has 1 atom stereocenters. The number of carbonyl (C=O) groups is 1. The smallest absolute Gasteiger partial charge is 0.316 e. The van der Waals surface area contributed by atoms with Crippen LogP contribution in [-0.2, 0) is 9.53 Å². The Morgan fingerprint density at radius 1 is 1.47 bits per heavy atom. The Kier molecular flexibility index (Phi) is 3.38. The number of rotatable bonds is 3. The zero-order chi connectivity index (χ0) is 12.4. The largest absolute Gasteiger partial charge is 0.468 e. The van der Waals surface area contributed by atoms with E-state index in [1.165, 1.54) is 7.11 Å². The molecule has 0 N–H and O–H groups in total. The molecule has 1 aromatic heterocycles. The number of hydrogen-bond donors (Lipinski definition) is 0. The van der Waals surface area contributed by atoms with Crippen molar-refractivity contribution in [3.8, 4) is 0 Å². The summed E-state index contributed by atoms with van der Waals surface area (Å²) in [6.45, 7) is 1.92. The van der Waals surface area contributed by atoms with Gasteiger partial charge in [0.2, 0.25) is 0 Å². The highest BCUT2D eigenvalue weighted by Crippen LogP contribution is 2.29. The minimum absolute atomic E-state index is 0.280. The van der Waals surface area contributed by atoms with Crippen LogP contribution in [0.2, 0.25) is 5.02 Å². The predicted molar refractivity (Wildman–Crippen MR) is 66.3 cm³/mol. The number of methoxy groups -OCH3 is 1. The molecule has 17 heavy (non-hydrogen) atoms. The van der Waals surface area contributed by atoms with Crippen LogP contribution in [0.5, 0.6) is 0 Å². The zero-order valence-corrected chi connectivity index (χ0v) is 10.5. The maximum absolute atomic E-state index is 11.6. The van der Waals surface area contributed by atoms with Crippen molar-refractivity contribution in [1.29, 1.82) is 0 Å². The molecule has 0 spiro atoms. The van der Waals surface area contributed by atoms with Gasteiger partial charge in [-0.1, -0.05) is 18.5 Å². The van der Waals surface area contributed by atoms with E-state index in [2.05, 4.69) is 0 Å². The molecule has 0 aliphatic carbocycles. The van der Waals surface area contributed by atoms with E-state index < -0.39 is 0 Å². The minimum Gasteiger partial charge on any atom is -0.468 e. The molecule has 3 nitrogen and oxygen atoms in total. The van der Waals surface area contributed by atoms with Crippen molar-refractivity contribution in [2.75, 3.05) is 7.11 Å². The molecule has 0 radical (unpaired) electrons. The summed E-state index contributed by atoms with van der Waals surface area (Å²) in [7, 11) is 1.38. The highest BCUT2D eigenvalue weighted by molar-refractivity contribution is 6.31. The first-order chi connectivity index (χ1) is 8.15. The molecule has 1 unspecified atom stereocenters. The lowest BCUT2D eigenvalue weighted by atomic mass is 10.0. The van der Waals surface area contributed by atoms with Crippen LogP contribution in [0.4, 0.5) is 0 Å². The van der Waals surface area contributed by atoms with Crippen LogP contribution in [0, 0.1) is 0 Å². The summed E-state index contributed by atoms with van der Waals surface area (Å²) in [6.07, 6.45) is 0.639. The first-order valence-electron chi connectivity index (χ1n) is 5.42. The van der Waals surface area contributed by atoms with Crippen LogP contribution in [0.3, 0.4) is 0 Å². The molecule has 0 saturated carbocycles. The minimum atomic E-state index is -0.355. The van der Waals surface area contributed by atoms with Crippen LogP contribution in [0.25, 0.3) is 11.0 Å². The van der Waals surface area contributed by atoms with Gasteiger partial charge in [-0.25, -0.2) is 0 Å². The fourth-order valence-corrected chi connectivity index (χ4v) is 2.01. The van der Waals surface area contributed by atoms with E-state index in [0.29, 0.717) is 17.2 Å². The molecule has 2 rings (SSSR count). The van der Waals surface area contributed by atoms with Gasteiger partial charge >= 0.3 is 5.97 Å². The topological polar surface area (TPSA) is 39.4 Å². The molecule has 0 amide bonds. The lowest BCUT2D eigenvalue weighted by Crippen LogP contribution is -2.12. The fourth-order valence-electron chi connectivity index (χ4n) is 1.83. The van der Waals surface area contributed by atoms with E-state index >= 15 is 0 Å². The Labute approximate surface area is 104 Å². The van der Waals surface area contributed by atoms with Gasteiger partial charge in [0.15, 0.2) is 0 Å². The van der Waals surface area contributed by atoms with Gasteiger partial charge in [-0.05, 0) is 30.7 Å². The standard InChI is InChI=1S/C13H13ClO3/c1-3-10(13(15)16-2)12-7-8-6-9(14)4-5-11(8)17-12/h4-7,10H,3H2,1-2H3. The van der Waals surface area contributed by atoms with Crippen molar-refractivity contribution in [3.63, 3.8) is 0 Å². The van der Waals surface area contributed by atoms with Gasteiger partial charge in [0.25, 0.3) is 0 Å². The highest BCUT2D eigenvalue weighted by atomic mass is 35.5. The van der Waals surface area contributed by atoms with Crippen LogP contribution in [0.1, 0.15) is 25.0 Å². The van der Waals surface area contributed by atoms with Gasteiger partial charge in [0.1, 0.15) is 17.3 Å². The molecule has 1 aromatic carbocycles. The second-order valence-corrected chi connectivity index (χ2v) is 4.25. The third-order valence-electron chi connectivity index (χ3n) is 2.73. The number of carbonyl (C=O) groups excluding carboxylic acids is 1. The van der Waals surface area contributed by atoms with Crippen molar-refractivity contribution >= 4 is 28.5 Å². The Bertz CT molecular complexity index is 545. The van der Waals surface area contributed by atoms with Crippen LogP contribution in [0.15, 0.2) is 28.7 Å². The normalized spacial score (nSPS) is 12.6. The zero-order valence-electron chi connectivity index (χ0n) is 9.70. The molecular weight excluding hydrogens is 240 g/mol. The molecule has 0 aliphatic heterocycles. The molecule has 2 aromatic rings. The van der Waals surface area contributed by atoms with E-state index in [1.54, 1.807) is 12.1 Å². The monoisotopic (exact) mass is 252 g/mol. The van der Waals surface area contributed by atoms with Gasteiger partial charge in [-0.2, -0.15) is 0 Å². The summed E-state index contributed by atoms with van der Waals surface area (Å²) in [5, 5.41) is 1.55. The number of hydrogen-bond acceptors (Lipinski definition) is 3. The van der Waals surface area contributed by atoms with Crippen molar-refractivity contribution in [1.82, 2.24) is 0 Å². The lowest BCUT2D eigenvalue weighted by Gasteiger charge is -2.08. The molecule has 1 heterocycles. The Morgan fingerprint density at radius 2 is 2.24 bits per heavy atom. The van der Waals surface area contributed by atoms with E-state index in [1.807, 2.05) is 19.1 Å². The first kappa shape index (κ1) is 12.0. The van der Waals surface area contributed by atoms with Gasteiger partial charge in [-0.3, -0.25) is 4.79 Å². The summed E-state index contributed by atoms with van der Waals surface area (Å²) in [6, 6.07) is 7.21. The molecule has 0 fully saturated rings. The summed E-state index contributed by atoms with van der Waals surface area (Å²) in [5.74, 6) is -0.0135. The van der Waals surface area contributed by atoms with E-state index in [9.17, 15) is 4.79 Å². The second-order valence-electron chi connectivity index (χ2n) is 3.81. The average molecular weight is 253 g/mol. The first-order valence-corrected chi connectivity index (χ1v) is 5.80. The number of halogens is 1. The van der Waals surface area contributed by atoms with Crippen LogP contribution < -0.4 is 0 Å². The summed E-state index contributed by atoms with van der Waals surface area (Å²) < 4.78 is 10.4. The van der Waals surface area contributed by atoms with E-state index in [0.717, 1.165) is 11.0 Å². The van der Waals surface area contributed by atoms with Crippen molar-refractivity contribution < 1.29 is 13.9 Å². The third kappa shape index (κ3) is 2.29. The Morgan fingerprint density at radius 3 is 2.88 bits per heavy atom. The van der Waals surface area contributed by atoms with Crippen molar-refractivity contribution in [2.45, 2.75) is 19.3 Å². The van der Waals surface area contributed by atoms with Gasteiger partial charge in [0.05, 0.1) is 7.11 Å². The number of esters is 1. The molecular formula is C13H13ClO3. The molecule has 4 heteroatoms. The summed E-state index contributed by atoms with van der Waals surface area (Å²) in [5.41, 5.74) is 0.728. The quantitative estimate of drug-likeness (QED) is 0.781. The van der Waals surface area contributed by atoms with Crippen molar-refractivity contribution in [2.24, 2.45) is 0 Å². The van der Waals surface area contributed by atoms with Crippen LogP contribution in [-0.4, -0.2) is 13.1 Å².